The first-order valence-electron chi connectivity index (χ1n) is 6.22. The fourth-order valence-electron chi connectivity index (χ4n) is 1.99. The average Bonchev–Trinajstić information content (AvgIpc) is 2.48. The van der Waals surface area contributed by atoms with E-state index in [1.807, 2.05) is 30.3 Å². The summed E-state index contributed by atoms with van der Waals surface area (Å²) < 4.78 is 11.1. The number of rotatable bonds is 3. The van der Waals surface area contributed by atoms with E-state index in [-0.39, 0.29) is 0 Å². The minimum atomic E-state index is 0.549. The monoisotopic (exact) mass is 273 g/mol. The first kappa shape index (κ1) is 12.4. The Morgan fingerprint density at radius 1 is 1.00 bits per heavy atom. The SMILES string of the molecule is NCc1ccccc1Sc1ccc2c(c1)OCCO2. The zero-order valence-corrected chi connectivity index (χ0v) is 11.3. The van der Waals surface area contributed by atoms with Crippen molar-refractivity contribution >= 4 is 11.8 Å². The number of nitrogens with two attached hydrogens (primary N) is 1. The van der Waals surface area contributed by atoms with Crippen LogP contribution in [-0.2, 0) is 6.54 Å². The highest BCUT2D eigenvalue weighted by molar-refractivity contribution is 7.99. The van der Waals surface area contributed by atoms with Crippen molar-refractivity contribution in [3.05, 3.63) is 48.0 Å². The van der Waals surface area contributed by atoms with Crippen LogP contribution in [0.1, 0.15) is 5.56 Å². The molecule has 3 rings (SSSR count). The standard InChI is InChI=1S/C15H15NO2S/c16-10-11-3-1-2-4-15(11)19-12-5-6-13-14(9-12)18-8-7-17-13/h1-6,9H,7-8,10,16H2. The third-order valence-corrected chi connectivity index (χ3v) is 4.04. The molecule has 1 aliphatic heterocycles. The lowest BCUT2D eigenvalue weighted by atomic mass is 10.2. The van der Waals surface area contributed by atoms with Gasteiger partial charge in [-0.2, -0.15) is 0 Å². The Bertz CT molecular complexity index is 586. The Labute approximate surface area is 116 Å². The van der Waals surface area contributed by atoms with Crippen molar-refractivity contribution in [2.24, 2.45) is 5.73 Å². The fourth-order valence-corrected chi connectivity index (χ4v) is 2.97. The van der Waals surface area contributed by atoms with Gasteiger partial charge in [0.1, 0.15) is 13.2 Å². The lowest BCUT2D eigenvalue weighted by Crippen LogP contribution is -2.15. The van der Waals surface area contributed by atoms with Gasteiger partial charge in [0, 0.05) is 16.3 Å². The number of ether oxygens (including phenoxy) is 2. The summed E-state index contributed by atoms with van der Waals surface area (Å²) in [4.78, 5) is 2.31. The maximum atomic E-state index is 5.76. The molecule has 0 atom stereocenters. The van der Waals surface area contributed by atoms with Crippen molar-refractivity contribution in [2.75, 3.05) is 13.2 Å². The molecule has 0 aliphatic carbocycles. The number of hydrogen-bond donors (Lipinski definition) is 1. The van der Waals surface area contributed by atoms with E-state index in [0.29, 0.717) is 19.8 Å². The molecule has 1 heterocycles. The normalized spacial score (nSPS) is 13.3. The van der Waals surface area contributed by atoms with Gasteiger partial charge in [-0.1, -0.05) is 30.0 Å². The second kappa shape index (κ2) is 5.55. The highest BCUT2D eigenvalue weighted by Gasteiger charge is 2.12. The van der Waals surface area contributed by atoms with Crippen molar-refractivity contribution in [1.82, 2.24) is 0 Å². The van der Waals surface area contributed by atoms with Crippen LogP contribution >= 0.6 is 11.8 Å². The van der Waals surface area contributed by atoms with Gasteiger partial charge >= 0.3 is 0 Å². The average molecular weight is 273 g/mol. The quantitative estimate of drug-likeness (QED) is 0.933. The summed E-state index contributed by atoms with van der Waals surface area (Å²) in [5, 5.41) is 0. The number of hydrogen-bond acceptors (Lipinski definition) is 4. The Morgan fingerprint density at radius 2 is 1.79 bits per heavy atom. The largest absolute Gasteiger partial charge is 0.486 e. The van der Waals surface area contributed by atoms with Crippen molar-refractivity contribution in [3.8, 4) is 11.5 Å². The van der Waals surface area contributed by atoms with Gasteiger partial charge in [0.15, 0.2) is 11.5 Å². The zero-order valence-electron chi connectivity index (χ0n) is 10.5. The van der Waals surface area contributed by atoms with Crippen molar-refractivity contribution in [1.29, 1.82) is 0 Å². The van der Waals surface area contributed by atoms with E-state index in [1.54, 1.807) is 11.8 Å². The summed E-state index contributed by atoms with van der Waals surface area (Å²) in [7, 11) is 0. The van der Waals surface area contributed by atoms with E-state index in [2.05, 4.69) is 12.1 Å². The third-order valence-electron chi connectivity index (χ3n) is 2.93. The smallest absolute Gasteiger partial charge is 0.162 e. The van der Waals surface area contributed by atoms with E-state index >= 15 is 0 Å². The molecule has 0 aromatic heterocycles. The summed E-state index contributed by atoms with van der Waals surface area (Å²) in [6.07, 6.45) is 0. The fraction of sp³-hybridized carbons (Fsp3) is 0.200. The van der Waals surface area contributed by atoms with E-state index in [0.717, 1.165) is 22.0 Å². The molecule has 0 unspecified atom stereocenters. The van der Waals surface area contributed by atoms with Crippen LogP contribution in [0.2, 0.25) is 0 Å². The first-order chi connectivity index (χ1) is 9.36. The molecule has 2 aromatic carbocycles. The van der Waals surface area contributed by atoms with Crippen LogP contribution in [0, 0.1) is 0 Å². The predicted molar refractivity (Wildman–Crippen MR) is 75.9 cm³/mol. The van der Waals surface area contributed by atoms with Crippen LogP contribution in [0.15, 0.2) is 52.3 Å². The molecule has 0 fully saturated rings. The maximum absolute atomic E-state index is 5.76. The maximum Gasteiger partial charge on any atom is 0.162 e. The molecule has 2 N–H and O–H groups in total. The molecule has 0 spiro atoms. The Hall–Kier alpha value is -1.65. The van der Waals surface area contributed by atoms with Crippen LogP contribution in [0.4, 0.5) is 0 Å². The molecular weight excluding hydrogens is 258 g/mol. The van der Waals surface area contributed by atoms with Gasteiger partial charge < -0.3 is 15.2 Å². The summed E-state index contributed by atoms with van der Waals surface area (Å²) in [6, 6.07) is 14.2. The van der Waals surface area contributed by atoms with Gasteiger partial charge in [0.2, 0.25) is 0 Å². The van der Waals surface area contributed by atoms with Gasteiger partial charge in [0.05, 0.1) is 0 Å². The molecule has 0 bridgehead atoms. The second-order valence-electron chi connectivity index (χ2n) is 4.22. The van der Waals surface area contributed by atoms with E-state index in [4.69, 9.17) is 15.2 Å². The number of fused-ring (bicyclic) bond motifs is 1. The lowest BCUT2D eigenvalue weighted by molar-refractivity contribution is 0.171. The Morgan fingerprint density at radius 3 is 2.63 bits per heavy atom. The van der Waals surface area contributed by atoms with Gasteiger partial charge in [0.25, 0.3) is 0 Å². The van der Waals surface area contributed by atoms with Gasteiger partial charge in [-0.3, -0.25) is 0 Å². The molecule has 3 nitrogen and oxygen atoms in total. The van der Waals surface area contributed by atoms with Gasteiger partial charge in [-0.25, -0.2) is 0 Å². The highest BCUT2D eigenvalue weighted by atomic mass is 32.2. The van der Waals surface area contributed by atoms with Crippen molar-refractivity contribution in [2.45, 2.75) is 16.3 Å². The highest BCUT2D eigenvalue weighted by Crippen LogP contribution is 2.37. The van der Waals surface area contributed by atoms with E-state index in [9.17, 15) is 0 Å². The van der Waals surface area contributed by atoms with Gasteiger partial charge in [-0.15, -0.1) is 0 Å². The molecule has 98 valence electrons. The summed E-state index contributed by atoms with van der Waals surface area (Å²) in [6.45, 7) is 1.78. The molecule has 0 saturated heterocycles. The molecule has 4 heteroatoms. The van der Waals surface area contributed by atoms with Crippen LogP contribution < -0.4 is 15.2 Å². The Kier molecular flexibility index (Phi) is 3.62. The molecule has 19 heavy (non-hydrogen) atoms. The minimum absolute atomic E-state index is 0.549. The van der Waals surface area contributed by atoms with Crippen molar-refractivity contribution < 1.29 is 9.47 Å². The van der Waals surface area contributed by atoms with Crippen LogP contribution in [0.3, 0.4) is 0 Å². The van der Waals surface area contributed by atoms with E-state index < -0.39 is 0 Å². The summed E-state index contributed by atoms with van der Waals surface area (Å²) in [5.74, 6) is 1.64. The second-order valence-corrected chi connectivity index (χ2v) is 5.33. The van der Waals surface area contributed by atoms with Gasteiger partial charge in [-0.05, 0) is 29.8 Å². The zero-order chi connectivity index (χ0) is 13.1. The predicted octanol–water partition coefficient (Wildman–Crippen LogP) is 3.07. The minimum Gasteiger partial charge on any atom is -0.486 e. The van der Waals surface area contributed by atoms with Crippen LogP contribution in [0.5, 0.6) is 11.5 Å². The van der Waals surface area contributed by atoms with Crippen LogP contribution in [0.25, 0.3) is 0 Å². The molecule has 1 aliphatic rings. The topological polar surface area (TPSA) is 44.5 Å². The lowest BCUT2D eigenvalue weighted by Gasteiger charge is -2.18. The number of benzene rings is 2. The first-order valence-corrected chi connectivity index (χ1v) is 7.04. The van der Waals surface area contributed by atoms with Crippen molar-refractivity contribution in [3.63, 3.8) is 0 Å². The molecule has 0 saturated carbocycles. The third kappa shape index (κ3) is 2.69. The molecule has 0 amide bonds. The van der Waals surface area contributed by atoms with E-state index in [1.165, 1.54) is 4.90 Å². The molecular formula is C15H15NO2S. The summed E-state index contributed by atoms with van der Waals surface area (Å²) >= 11 is 1.70. The summed E-state index contributed by atoms with van der Waals surface area (Å²) in [5.41, 5.74) is 6.91. The molecule has 0 radical (unpaired) electrons. The Balaban J connectivity index is 1.87. The van der Waals surface area contributed by atoms with Crippen LogP contribution in [-0.4, -0.2) is 13.2 Å². The molecule has 2 aromatic rings.